The lowest BCUT2D eigenvalue weighted by molar-refractivity contribution is -0.141. The van der Waals surface area contributed by atoms with Crippen molar-refractivity contribution in [1.29, 1.82) is 0 Å². The maximum absolute atomic E-state index is 12.1. The molecule has 1 heterocycles. The maximum Gasteiger partial charge on any atom is 0.326 e. The Labute approximate surface area is 106 Å². The minimum absolute atomic E-state index is 0.314. The van der Waals surface area contributed by atoms with Gasteiger partial charge >= 0.3 is 5.97 Å². The lowest BCUT2D eigenvalue weighted by Gasteiger charge is -2.22. The summed E-state index contributed by atoms with van der Waals surface area (Å²) in [4.78, 5) is 24.2. The van der Waals surface area contributed by atoms with Gasteiger partial charge in [0.05, 0.1) is 6.61 Å². The molecule has 0 aliphatic heterocycles. The summed E-state index contributed by atoms with van der Waals surface area (Å²) >= 11 is 0. The minimum atomic E-state index is -1.03. The Balaban J connectivity index is 2.83. The van der Waals surface area contributed by atoms with Gasteiger partial charge in [0.1, 0.15) is 11.7 Å². The Hall–Kier alpha value is -1.82. The molecule has 0 saturated carbocycles. The van der Waals surface area contributed by atoms with Crippen LogP contribution in [0.4, 0.5) is 0 Å². The van der Waals surface area contributed by atoms with Crippen LogP contribution < -0.4 is 0 Å². The van der Waals surface area contributed by atoms with Gasteiger partial charge in [-0.15, -0.1) is 0 Å². The van der Waals surface area contributed by atoms with E-state index in [9.17, 15) is 9.59 Å². The molecule has 6 nitrogen and oxygen atoms in total. The zero-order valence-electron chi connectivity index (χ0n) is 10.8. The molecule has 0 spiro atoms. The molecular weight excluding hydrogens is 236 g/mol. The summed E-state index contributed by atoms with van der Waals surface area (Å²) in [7, 11) is 3.07. The number of carbonyl (C=O) groups is 2. The van der Waals surface area contributed by atoms with E-state index in [1.54, 1.807) is 30.0 Å². The predicted octanol–water partition coefficient (Wildman–Crippen LogP) is 0.680. The summed E-state index contributed by atoms with van der Waals surface area (Å²) in [5, 5.41) is 8.89. The molecule has 0 aliphatic rings. The molecule has 1 unspecified atom stereocenters. The molecule has 18 heavy (non-hydrogen) atoms. The molecule has 1 N–H and O–H groups in total. The quantitative estimate of drug-likeness (QED) is 0.810. The van der Waals surface area contributed by atoms with Crippen LogP contribution in [0.2, 0.25) is 0 Å². The molecule has 0 saturated heterocycles. The number of carboxylic acids is 1. The number of hydrogen-bond acceptors (Lipinski definition) is 3. The van der Waals surface area contributed by atoms with Gasteiger partial charge in [0.15, 0.2) is 0 Å². The van der Waals surface area contributed by atoms with Gasteiger partial charge in [0.25, 0.3) is 5.91 Å². The monoisotopic (exact) mass is 254 g/mol. The number of likely N-dealkylation sites (N-methyl/N-ethyl adjacent to an activating group) is 1. The molecular formula is C12H18N2O4. The summed E-state index contributed by atoms with van der Waals surface area (Å²) < 4.78 is 6.70. The van der Waals surface area contributed by atoms with Gasteiger partial charge in [-0.1, -0.05) is 0 Å². The molecule has 1 rings (SSSR count). The Morgan fingerprint density at radius 3 is 2.78 bits per heavy atom. The molecule has 1 aromatic heterocycles. The van der Waals surface area contributed by atoms with Crippen LogP contribution >= 0.6 is 0 Å². The summed E-state index contributed by atoms with van der Waals surface area (Å²) in [5.41, 5.74) is 0.461. The van der Waals surface area contributed by atoms with Gasteiger partial charge in [-0.3, -0.25) is 4.79 Å². The van der Waals surface area contributed by atoms with E-state index < -0.39 is 12.0 Å². The average molecular weight is 254 g/mol. The highest BCUT2D eigenvalue weighted by molar-refractivity contribution is 5.95. The Morgan fingerprint density at radius 1 is 1.56 bits per heavy atom. The molecule has 1 atom stereocenters. The lowest BCUT2D eigenvalue weighted by atomic mass is 10.2. The molecule has 0 aliphatic carbocycles. The molecule has 0 radical (unpaired) electrons. The number of amides is 1. The molecule has 6 heteroatoms. The zero-order chi connectivity index (χ0) is 13.7. The van der Waals surface area contributed by atoms with Crippen LogP contribution in [0.1, 0.15) is 17.4 Å². The van der Waals surface area contributed by atoms with Crippen molar-refractivity contribution < 1.29 is 19.4 Å². The summed E-state index contributed by atoms with van der Waals surface area (Å²) in [6, 6.07) is 2.56. The van der Waals surface area contributed by atoms with E-state index in [1.165, 1.54) is 18.9 Å². The number of hydrogen-bond donors (Lipinski definition) is 1. The Bertz CT molecular complexity index is 427. The smallest absolute Gasteiger partial charge is 0.326 e. The topological polar surface area (TPSA) is 71.8 Å². The van der Waals surface area contributed by atoms with Crippen LogP contribution in [0.25, 0.3) is 0 Å². The van der Waals surface area contributed by atoms with E-state index in [-0.39, 0.29) is 5.91 Å². The molecule has 1 aromatic rings. The van der Waals surface area contributed by atoms with Gasteiger partial charge in [-0.2, -0.15) is 0 Å². The fourth-order valence-electron chi connectivity index (χ4n) is 1.52. The number of methoxy groups -OCH3 is 1. The third-order valence-corrected chi connectivity index (χ3v) is 2.84. The van der Waals surface area contributed by atoms with Gasteiger partial charge < -0.3 is 19.3 Å². The molecule has 1 amide bonds. The third kappa shape index (κ3) is 3.10. The highest BCUT2D eigenvalue weighted by atomic mass is 16.5. The van der Waals surface area contributed by atoms with E-state index in [1.807, 2.05) is 0 Å². The van der Waals surface area contributed by atoms with Crippen molar-refractivity contribution in [1.82, 2.24) is 9.47 Å². The first-order valence-corrected chi connectivity index (χ1v) is 5.63. The number of carboxylic acid groups (broad SMARTS) is 1. The van der Waals surface area contributed by atoms with Crippen LogP contribution in [-0.2, 0) is 16.1 Å². The van der Waals surface area contributed by atoms with Gasteiger partial charge in [-0.25, -0.2) is 4.79 Å². The molecule has 0 aromatic carbocycles. The van der Waals surface area contributed by atoms with Gasteiger partial charge in [0, 0.05) is 26.9 Å². The van der Waals surface area contributed by atoms with Crippen LogP contribution in [0, 0.1) is 0 Å². The third-order valence-electron chi connectivity index (χ3n) is 2.84. The van der Waals surface area contributed by atoms with E-state index in [2.05, 4.69) is 0 Å². The van der Waals surface area contributed by atoms with Crippen LogP contribution in [0.5, 0.6) is 0 Å². The number of rotatable bonds is 6. The van der Waals surface area contributed by atoms with Crippen LogP contribution in [0.15, 0.2) is 18.3 Å². The first-order valence-electron chi connectivity index (χ1n) is 5.63. The van der Waals surface area contributed by atoms with Crippen molar-refractivity contribution in [2.45, 2.75) is 19.5 Å². The minimum Gasteiger partial charge on any atom is -0.480 e. The summed E-state index contributed by atoms with van der Waals surface area (Å²) in [6.45, 7) is 2.52. The second-order valence-electron chi connectivity index (χ2n) is 4.01. The van der Waals surface area contributed by atoms with Crippen molar-refractivity contribution in [3.05, 3.63) is 24.0 Å². The lowest BCUT2D eigenvalue weighted by Crippen LogP contribution is -2.41. The SMILES string of the molecule is COCCn1cccc1C(=O)N(C)C(C)C(=O)O. The van der Waals surface area contributed by atoms with Crippen LogP contribution in [0.3, 0.4) is 0 Å². The molecule has 100 valence electrons. The van der Waals surface area contributed by atoms with Crippen molar-refractivity contribution in [3.8, 4) is 0 Å². The van der Waals surface area contributed by atoms with Crippen molar-refractivity contribution in [2.75, 3.05) is 20.8 Å². The summed E-state index contributed by atoms with van der Waals surface area (Å²) in [5.74, 6) is -1.34. The van der Waals surface area contributed by atoms with E-state index in [0.29, 0.717) is 18.8 Å². The maximum atomic E-state index is 12.1. The highest BCUT2D eigenvalue weighted by Crippen LogP contribution is 2.08. The Morgan fingerprint density at radius 2 is 2.22 bits per heavy atom. The predicted molar refractivity (Wildman–Crippen MR) is 65.5 cm³/mol. The number of aliphatic carboxylic acids is 1. The van der Waals surface area contributed by atoms with E-state index in [4.69, 9.17) is 9.84 Å². The number of ether oxygens (including phenoxy) is 1. The van der Waals surface area contributed by atoms with E-state index >= 15 is 0 Å². The Kier molecular flexibility index (Phi) is 4.91. The average Bonchev–Trinajstić information content (AvgIpc) is 2.81. The van der Waals surface area contributed by atoms with Gasteiger partial charge in [-0.05, 0) is 19.1 Å². The fourth-order valence-corrected chi connectivity index (χ4v) is 1.52. The summed E-state index contributed by atoms with van der Waals surface area (Å²) in [6.07, 6.45) is 1.77. The number of carbonyl (C=O) groups excluding carboxylic acids is 1. The zero-order valence-corrected chi connectivity index (χ0v) is 10.8. The van der Waals surface area contributed by atoms with Crippen molar-refractivity contribution in [2.24, 2.45) is 0 Å². The number of aromatic nitrogens is 1. The highest BCUT2D eigenvalue weighted by Gasteiger charge is 2.24. The van der Waals surface area contributed by atoms with Crippen LogP contribution in [-0.4, -0.2) is 53.3 Å². The normalized spacial score (nSPS) is 12.2. The van der Waals surface area contributed by atoms with E-state index in [0.717, 1.165) is 0 Å². The second-order valence-corrected chi connectivity index (χ2v) is 4.01. The standard InChI is InChI=1S/C12H18N2O4/c1-9(12(16)17)13(2)11(15)10-5-4-6-14(10)7-8-18-3/h4-6,9H,7-8H2,1-3H3,(H,16,17). The second kappa shape index (κ2) is 6.20. The largest absolute Gasteiger partial charge is 0.480 e. The first kappa shape index (κ1) is 14.2. The number of nitrogens with zero attached hydrogens (tertiary/aromatic N) is 2. The van der Waals surface area contributed by atoms with Gasteiger partial charge in [0.2, 0.25) is 0 Å². The molecule has 0 fully saturated rings. The molecule has 0 bridgehead atoms. The van der Waals surface area contributed by atoms with Crippen molar-refractivity contribution >= 4 is 11.9 Å². The fraction of sp³-hybridized carbons (Fsp3) is 0.500. The van der Waals surface area contributed by atoms with Crippen molar-refractivity contribution in [3.63, 3.8) is 0 Å². The first-order chi connectivity index (χ1) is 8.49.